The average molecular weight is 260 g/mol. The van der Waals surface area contributed by atoms with Crippen LogP contribution >= 0.6 is 0 Å². The molecule has 0 fully saturated rings. The summed E-state index contributed by atoms with van der Waals surface area (Å²) in [5.74, 6) is -0.781. The van der Waals surface area contributed by atoms with Crippen molar-refractivity contribution in [2.24, 2.45) is 0 Å². The second-order valence-corrected chi connectivity index (χ2v) is 4.50. The minimum Gasteiger partial charge on any atom is -0.481 e. The van der Waals surface area contributed by atoms with Gasteiger partial charge in [0.05, 0.1) is 6.10 Å². The Bertz CT molecular complexity index is 256. The number of carboxylic acids is 1. The maximum atomic E-state index is 11.5. The third-order valence-electron chi connectivity index (χ3n) is 2.57. The van der Waals surface area contributed by atoms with Crippen molar-refractivity contribution < 1.29 is 19.8 Å². The van der Waals surface area contributed by atoms with Crippen LogP contribution in [0.15, 0.2) is 0 Å². The van der Waals surface area contributed by atoms with Crippen molar-refractivity contribution in [1.29, 1.82) is 0 Å². The summed E-state index contributed by atoms with van der Waals surface area (Å²) >= 11 is 0. The average Bonchev–Trinajstić information content (AvgIpc) is 2.29. The topological polar surface area (TPSA) is 89.9 Å². The number of carboxylic acid groups (broad SMARTS) is 1. The highest BCUT2D eigenvalue weighted by atomic mass is 16.4. The molecule has 0 heterocycles. The van der Waals surface area contributed by atoms with Gasteiger partial charge in [-0.3, -0.25) is 4.79 Å². The SMILES string of the molecule is CC(O)CCN(C)C(=O)NCCCCCC(=O)O. The highest BCUT2D eigenvalue weighted by molar-refractivity contribution is 5.73. The van der Waals surface area contributed by atoms with Gasteiger partial charge >= 0.3 is 12.0 Å². The Labute approximate surface area is 108 Å². The van der Waals surface area contributed by atoms with E-state index in [1.54, 1.807) is 14.0 Å². The van der Waals surface area contributed by atoms with Gasteiger partial charge in [-0.2, -0.15) is 0 Å². The number of aliphatic carboxylic acids is 1. The first-order chi connectivity index (χ1) is 8.43. The summed E-state index contributed by atoms with van der Waals surface area (Å²) in [7, 11) is 1.68. The van der Waals surface area contributed by atoms with E-state index in [0.29, 0.717) is 25.9 Å². The summed E-state index contributed by atoms with van der Waals surface area (Å²) in [6, 6.07) is -0.158. The lowest BCUT2D eigenvalue weighted by Crippen LogP contribution is -2.38. The fourth-order valence-electron chi connectivity index (χ4n) is 1.39. The summed E-state index contributed by atoms with van der Waals surface area (Å²) in [6.45, 7) is 2.76. The highest BCUT2D eigenvalue weighted by Gasteiger charge is 2.08. The van der Waals surface area contributed by atoms with Crippen LogP contribution in [0.25, 0.3) is 0 Å². The van der Waals surface area contributed by atoms with Crippen molar-refractivity contribution in [2.75, 3.05) is 20.1 Å². The van der Waals surface area contributed by atoms with Crippen molar-refractivity contribution in [3.63, 3.8) is 0 Å². The first-order valence-corrected chi connectivity index (χ1v) is 6.32. The van der Waals surface area contributed by atoms with Gasteiger partial charge in [-0.05, 0) is 26.2 Å². The zero-order valence-corrected chi connectivity index (χ0v) is 11.2. The van der Waals surface area contributed by atoms with Gasteiger partial charge in [0.1, 0.15) is 0 Å². The van der Waals surface area contributed by atoms with Gasteiger partial charge < -0.3 is 20.4 Å². The molecule has 0 aromatic carbocycles. The van der Waals surface area contributed by atoms with Gasteiger partial charge in [0.2, 0.25) is 0 Å². The molecule has 0 aromatic heterocycles. The van der Waals surface area contributed by atoms with Crippen LogP contribution in [0.2, 0.25) is 0 Å². The predicted octanol–water partition coefficient (Wildman–Crippen LogP) is 1.04. The van der Waals surface area contributed by atoms with Crippen molar-refractivity contribution in [1.82, 2.24) is 10.2 Å². The monoisotopic (exact) mass is 260 g/mol. The van der Waals surface area contributed by atoms with Crippen LogP contribution < -0.4 is 5.32 Å². The number of unbranched alkanes of at least 4 members (excludes halogenated alkanes) is 2. The number of carbonyl (C=O) groups excluding carboxylic acids is 1. The number of nitrogens with zero attached hydrogens (tertiary/aromatic N) is 1. The minimum absolute atomic E-state index is 0.158. The molecule has 0 saturated heterocycles. The zero-order chi connectivity index (χ0) is 14.0. The number of rotatable bonds is 9. The molecule has 0 spiro atoms. The molecule has 0 radical (unpaired) electrons. The molecule has 0 aliphatic heterocycles. The number of nitrogens with one attached hydrogen (secondary N) is 1. The summed E-state index contributed by atoms with van der Waals surface area (Å²) in [4.78, 5) is 23.3. The lowest BCUT2D eigenvalue weighted by Gasteiger charge is -2.18. The molecule has 6 heteroatoms. The van der Waals surface area contributed by atoms with Gasteiger partial charge in [-0.15, -0.1) is 0 Å². The fourth-order valence-corrected chi connectivity index (χ4v) is 1.39. The molecular formula is C12H24N2O4. The summed E-state index contributed by atoms with van der Waals surface area (Å²) in [5.41, 5.74) is 0. The molecule has 18 heavy (non-hydrogen) atoms. The van der Waals surface area contributed by atoms with Crippen LogP contribution in [0, 0.1) is 0 Å². The molecule has 6 nitrogen and oxygen atoms in total. The number of carbonyl (C=O) groups is 2. The van der Waals surface area contributed by atoms with E-state index < -0.39 is 12.1 Å². The second kappa shape index (κ2) is 9.70. The Morgan fingerprint density at radius 3 is 2.50 bits per heavy atom. The molecule has 0 saturated carbocycles. The first-order valence-electron chi connectivity index (χ1n) is 6.32. The Hall–Kier alpha value is -1.30. The molecule has 0 rings (SSSR count). The normalized spacial score (nSPS) is 11.9. The number of aliphatic hydroxyl groups excluding tert-OH is 1. The van der Waals surface area contributed by atoms with Gasteiger partial charge in [-0.25, -0.2) is 4.79 Å². The van der Waals surface area contributed by atoms with E-state index in [0.717, 1.165) is 12.8 Å². The number of hydrogen-bond acceptors (Lipinski definition) is 3. The van der Waals surface area contributed by atoms with Gasteiger partial charge in [0.25, 0.3) is 0 Å². The van der Waals surface area contributed by atoms with Crippen LogP contribution in [0.4, 0.5) is 4.79 Å². The first kappa shape index (κ1) is 16.7. The summed E-state index contributed by atoms with van der Waals surface area (Å²) in [5, 5.41) is 20.3. The van der Waals surface area contributed by atoms with Gasteiger partial charge in [-0.1, -0.05) is 6.42 Å². The molecule has 0 aliphatic rings. The molecule has 2 amide bonds. The van der Waals surface area contributed by atoms with Crippen molar-refractivity contribution >= 4 is 12.0 Å². The van der Waals surface area contributed by atoms with E-state index >= 15 is 0 Å². The Balaban J connectivity index is 3.49. The number of hydrogen-bond donors (Lipinski definition) is 3. The number of aliphatic hydroxyl groups is 1. The van der Waals surface area contributed by atoms with Crippen LogP contribution in [-0.2, 0) is 4.79 Å². The second-order valence-electron chi connectivity index (χ2n) is 4.50. The Kier molecular flexibility index (Phi) is 9.00. The van der Waals surface area contributed by atoms with E-state index in [-0.39, 0.29) is 12.5 Å². The Morgan fingerprint density at radius 1 is 1.28 bits per heavy atom. The van der Waals surface area contributed by atoms with Crippen LogP contribution in [-0.4, -0.2) is 53.4 Å². The maximum Gasteiger partial charge on any atom is 0.317 e. The van der Waals surface area contributed by atoms with E-state index in [4.69, 9.17) is 10.2 Å². The highest BCUT2D eigenvalue weighted by Crippen LogP contribution is 1.99. The Morgan fingerprint density at radius 2 is 1.94 bits per heavy atom. The predicted molar refractivity (Wildman–Crippen MR) is 68.4 cm³/mol. The quantitative estimate of drug-likeness (QED) is 0.540. The largest absolute Gasteiger partial charge is 0.481 e. The molecular weight excluding hydrogens is 236 g/mol. The van der Waals surface area contributed by atoms with E-state index in [9.17, 15) is 9.59 Å². The maximum absolute atomic E-state index is 11.5. The van der Waals surface area contributed by atoms with Crippen molar-refractivity contribution in [3.8, 4) is 0 Å². The lowest BCUT2D eigenvalue weighted by molar-refractivity contribution is -0.137. The number of urea groups is 1. The fraction of sp³-hybridized carbons (Fsp3) is 0.833. The van der Waals surface area contributed by atoms with Crippen LogP contribution in [0.5, 0.6) is 0 Å². The third-order valence-corrected chi connectivity index (χ3v) is 2.57. The smallest absolute Gasteiger partial charge is 0.317 e. The summed E-state index contributed by atoms with van der Waals surface area (Å²) < 4.78 is 0. The standard InChI is InChI=1S/C12H24N2O4/c1-10(15)7-9-14(2)12(18)13-8-5-3-4-6-11(16)17/h10,15H,3-9H2,1-2H3,(H,13,18)(H,16,17). The van der Waals surface area contributed by atoms with Gasteiger partial charge in [0, 0.05) is 26.6 Å². The van der Waals surface area contributed by atoms with Crippen molar-refractivity contribution in [2.45, 2.75) is 45.1 Å². The van der Waals surface area contributed by atoms with E-state index in [2.05, 4.69) is 5.32 Å². The van der Waals surface area contributed by atoms with Gasteiger partial charge in [0.15, 0.2) is 0 Å². The minimum atomic E-state index is -0.781. The molecule has 1 unspecified atom stereocenters. The third kappa shape index (κ3) is 9.89. The molecule has 0 aromatic rings. The molecule has 1 atom stereocenters. The van der Waals surface area contributed by atoms with Crippen LogP contribution in [0.3, 0.4) is 0 Å². The zero-order valence-electron chi connectivity index (χ0n) is 11.2. The molecule has 3 N–H and O–H groups in total. The van der Waals surface area contributed by atoms with E-state index in [1.807, 2.05) is 0 Å². The molecule has 106 valence electrons. The lowest BCUT2D eigenvalue weighted by atomic mass is 10.2. The van der Waals surface area contributed by atoms with Crippen LogP contribution in [0.1, 0.15) is 39.0 Å². The molecule has 0 aliphatic carbocycles. The molecule has 0 bridgehead atoms. The summed E-state index contributed by atoms with van der Waals surface area (Å²) in [6.07, 6.45) is 2.55. The van der Waals surface area contributed by atoms with Crippen molar-refractivity contribution in [3.05, 3.63) is 0 Å². The van der Waals surface area contributed by atoms with E-state index in [1.165, 1.54) is 4.90 Å². The number of amides is 2.